The van der Waals surface area contributed by atoms with E-state index in [4.69, 9.17) is 4.52 Å². The van der Waals surface area contributed by atoms with Gasteiger partial charge in [0.25, 0.3) is 0 Å². The molecule has 0 radical (unpaired) electrons. The Kier molecular flexibility index (Phi) is 3.39. The summed E-state index contributed by atoms with van der Waals surface area (Å²) in [6.45, 7) is 5.42. The summed E-state index contributed by atoms with van der Waals surface area (Å²) >= 11 is 0. The second-order valence-electron chi connectivity index (χ2n) is 4.60. The van der Waals surface area contributed by atoms with Gasteiger partial charge in [0.1, 0.15) is 11.5 Å². The highest BCUT2D eigenvalue weighted by atomic mass is 16.5. The number of aromatic nitrogens is 1. The van der Waals surface area contributed by atoms with Crippen molar-refractivity contribution < 1.29 is 9.32 Å². The molecule has 0 aromatic carbocycles. The molecule has 0 aliphatic carbocycles. The zero-order valence-electron chi connectivity index (χ0n) is 9.90. The monoisotopic (exact) mass is 222 g/mol. The van der Waals surface area contributed by atoms with Gasteiger partial charge in [-0.05, 0) is 33.2 Å². The molecule has 1 aromatic rings. The Hall–Kier alpha value is -1.16. The normalized spacial score (nSPS) is 21.5. The van der Waals surface area contributed by atoms with Crippen LogP contribution in [0.5, 0.6) is 0 Å². The number of hydrogen-bond donors (Lipinski definition) is 0. The molecule has 4 heteroatoms. The van der Waals surface area contributed by atoms with Crippen LogP contribution in [0, 0.1) is 6.92 Å². The molecule has 16 heavy (non-hydrogen) atoms. The number of likely N-dealkylation sites (tertiary alicyclic amines) is 1. The smallest absolute Gasteiger partial charge is 0.133 e. The SMILES string of the molecule is CC(=O)CC1CCCN1Cc1cc(C)on1. The van der Waals surface area contributed by atoms with Gasteiger partial charge in [0.15, 0.2) is 0 Å². The highest BCUT2D eigenvalue weighted by Crippen LogP contribution is 2.22. The number of carbonyl (C=O) groups is 1. The average Bonchev–Trinajstić information content (AvgIpc) is 2.77. The average molecular weight is 222 g/mol. The molecule has 1 aliphatic rings. The van der Waals surface area contributed by atoms with Crippen LogP contribution in [0.15, 0.2) is 10.6 Å². The molecule has 0 saturated carbocycles. The van der Waals surface area contributed by atoms with E-state index < -0.39 is 0 Å². The molecule has 0 bridgehead atoms. The Morgan fingerprint density at radius 2 is 2.50 bits per heavy atom. The van der Waals surface area contributed by atoms with E-state index in [9.17, 15) is 4.79 Å². The first-order valence-corrected chi connectivity index (χ1v) is 5.81. The van der Waals surface area contributed by atoms with Crippen molar-refractivity contribution in [1.29, 1.82) is 0 Å². The van der Waals surface area contributed by atoms with Crippen LogP contribution < -0.4 is 0 Å². The predicted octanol–water partition coefficient (Wildman–Crippen LogP) is 1.93. The molecule has 0 N–H and O–H groups in total. The van der Waals surface area contributed by atoms with Crippen LogP contribution in [0.25, 0.3) is 0 Å². The second-order valence-corrected chi connectivity index (χ2v) is 4.60. The van der Waals surface area contributed by atoms with Gasteiger partial charge in [-0.3, -0.25) is 9.69 Å². The van der Waals surface area contributed by atoms with Crippen LogP contribution >= 0.6 is 0 Å². The summed E-state index contributed by atoms with van der Waals surface area (Å²) in [5.74, 6) is 1.12. The summed E-state index contributed by atoms with van der Waals surface area (Å²) in [5.41, 5.74) is 0.966. The molecule has 1 atom stereocenters. The minimum absolute atomic E-state index is 0.272. The summed E-state index contributed by atoms with van der Waals surface area (Å²) in [6.07, 6.45) is 2.96. The predicted molar refractivity (Wildman–Crippen MR) is 60.0 cm³/mol. The third-order valence-electron chi connectivity index (χ3n) is 3.06. The van der Waals surface area contributed by atoms with Crippen molar-refractivity contribution in [1.82, 2.24) is 10.1 Å². The fraction of sp³-hybridized carbons (Fsp3) is 0.667. The fourth-order valence-electron chi connectivity index (χ4n) is 2.37. The van der Waals surface area contributed by atoms with Gasteiger partial charge in [0.2, 0.25) is 0 Å². The van der Waals surface area contributed by atoms with Crippen LogP contribution in [0.3, 0.4) is 0 Å². The molecule has 2 rings (SSSR count). The topological polar surface area (TPSA) is 46.3 Å². The van der Waals surface area contributed by atoms with Gasteiger partial charge in [-0.25, -0.2) is 0 Å². The maximum absolute atomic E-state index is 11.1. The summed E-state index contributed by atoms with van der Waals surface area (Å²) in [4.78, 5) is 13.5. The first-order chi connectivity index (χ1) is 7.65. The molecule has 1 saturated heterocycles. The lowest BCUT2D eigenvalue weighted by molar-refractivity contribution is -0.118. The fourth-order valence-corrected chi connectivity index (χ4v) is 2.37. The van der Waals surface area contributed by atoms with Crippen LogP contribution in [-0.2, 0) is 11.3 Å². The Labute approximate surface area is 95.6 Å². The summed E-state index contributed by atoms with van der Waals surface area (Å²) in [5, 5.41) is 3.99. The molecule has 1 aromatic heterocycles. The Bertz CT molecular complexity index is 373. The van der Waals surface area contributed by atoms with E-state index >= 15 is 0 Å². The first kappa shape index (κ1) is 11.3. The lowest BCUT2D eigenvalue weighted by Gasteiger charge is -2.22. The molecule has 0 amide bonds. The Morgan fingerprint density at radius 3 is 3.12 bits per heavy atom. The van der Waals surface area contributed by atoms with Gasteiger partial charge in [-0.2, -0.15) is 0 Å². The van der Waals surface area contributed by atoms with E-state index in [1.807, 2.05) is 13.0 Å². The highest BCUT2D eigenvalue weighted by molar-refractivity contribution is 5.76. The minimum atomic E-state index is 0.272. The van der Waals surface area contributed by atoms with Crippen molar-refractivity contribution in [2.75, 3.05) is 6.54 Å². The first-order valence-electron chi connectivity index (χ1n) is 5.81. The van der Waals surface area contributed by atoms with E-state index in [2.05, 4.69) is 10.1 Å². The zero-order chi connectivity index (χ0) is 11.5. The number of Topliss-reactive ketones (excluding diaryl/α,β-unsaturated/α-hetero) is 1. The van der Waals surface area contributed by atoms with E-state index in [0.29, 0.717) is 12.5 Å². The molecule has 1 fully saturated rings. The van der Waals surface area contributed by atoms with Crippen LogP contribution in [0.4, 0.5) is 0 Å². The molecule has 1 unspecified atom stereocenters. The van der Waals surface area contributed by atoms with E-state index in [0.717, 1.165) is 31.0 Å². The van der Waals surface area contributed by atoms with Gasteiger partial charge >= 0.3 is 0 Å². The van der Waals surface area contributed by atoms with Crippen molar-refractivity contribution in [3.63, 3.8) is 0 Å². The number of hydrogen-bond acceptors (Lipinski definition) is 4. The van der Waals surface area contributed by atoms with Crippen molar-refractivity contribution in [3.8, 4) is 0 Å². The van der Waals surface area contributed by atoms with E-state index in [1.54, 1.807) is 6.92 Å². The van der Waals surface area contributed by atoms with Crippen molar-refractivity contribution in [2.24, 2.45) is 0 Å². The zero-order valence-corrected chi connectivity index (χ0v) is 9.90. The standard InChI is InChI=1S/C12H18N2O2/c1-9(15)6-12-4-3-5-14(12)8-11-7-10(2)16-13-11/h7,12H,3-6,8H2,1-2H3. The number of rotatable bonds is 4. The van der Waals surface area contributed by atoms with Crippen LogP contribution in [0.2, 0.25) is 0 Å². The van der Waals surface area contributed by atoms with Gasteiger partial charge in [-0.1, -0.05) is 5.16 Å². The number of nitrogens with zero attached hydrogens (tertiary/aromatic N) is 2. The van der Waals surface area contributed by atoms with E-state index in [-0.39, 0.29) is 5.78 Å². The molecule has 4 nitrogen and oxygen atoms in total. The maximum Gasteiger partial charge on any atom is 0.133 e. The largest absolute Gasteiger partial charge is 0.361 e. The molecular weight excluding hydrogens is 204 g/mol. The van der Waals surface area contributed by atoms with Gasteiger partial charge in [0, 0.05) is 25.1 Å². The number of aryl methyl sites for hydroxylation is 1. The van der Waals surface area contributed by atoms with Gasteiger partial charge in [0.05, 0.1) is 5.69 Å². The highest BCUT2D eigenvalue weighted by Gasteiger charge is 2.26. The molecule has 1 aliphatic heterocycles. The third-order valence-corrected chi connectivity index (χ3v) is 3.06. The lowest BCUT2D eigenvalue weighted by Crippen LogP contribution is -2.30. The van der Waals surface area contributed by atoms with Gasteiger partial charge < -0.3 is 4.52 Å². The maximum atomic E-state index is 11.1. The number of ketones is 1. The molecule has 2 heterocycles. The lowest BCUT2D eigenvalue weighted by atomic mass is 10.1. The van der Waals surface area contributed by atoms with Crippen molar-refractivity contribution >= 4 is 5.78 Å². The number of carbonyl (C=O) groups excluding carboxylic acids is 1. The molecule has 0 spiro atoms. The third kappa shape index (κ3) is 2.70. The van der Waals surface area contributed by atoms with E-state index in [1.165, 1.54) is 6.42 Å². The van der Waals surface area contributed by atoms with Gasteiger partial charge in [-0.15, -0.1) is 0 Å². The second kappa shape index (κ2) is 4.78. The molecule has 88 valence electrons. The Balaban J connectivity index is 1.95. The summed E-state index contributed by atoms with van der Waals surface area (Å²) in [7, 11) is 0. The van der Waals surface area contributed by atoms with Crippen LogP contribution in [0.1, 0.15) is 37.6 Å². The van der Waals surface area contributed by atoms with Crippen molar-refractivity contribution in [3.05, 3.63) is 17.5 Å². The summed E-state index contributed by atoms with van der Waals surface area (Å²) in [6, 6.07) is 2.36. The Morgan fingerprint density at radius 1 is 1.69 bits per heavy atom. The van der Waals surface area contributed by atoms with Crippen molar-refractivity contribution in [2.45, 2.75) is 45.7 Å². The quantitative estimate of drug-likeness (QED) is 0.781. The molecular formula is C12H18N2O2. The van der Waals surface area contributed by atoms with Crippen LogP contribution in [-0.4, -0.2) is 28.4 Å². The summed E-state index contributed by atoms with van der Waals surface area (Å²) < 4.78 is 5.05. The minimum Gasteiger partial charge on any atom is -0.361 e.